The van der Waals surface area contributed by atoms with E-state index in [1.165, 1.54) is 10.8 Å². The minimum absolute atomic E-state index is 0.148. The summed E-state index contributed by atoms with van der Waals surface area (Å²) in [6.07, 6.45) is 0.692. The van der Waals surface area contributed by atoms with E-state index in [-0.39, 0.29) is 37.8 Å². The zero-order valence-electron chi connectivity index (χ0n) is 10.7. The molecule has 2 N–H and O–H groups in total. The van der Waals surface area contributed by atoms with E-state index in [9.17, 15) is 19.8 Å². The van der Waals surface area contributed by atoms with Crippen LogP contribution in [-0.2, 0) is 9.53 Å². The van der Waals surface area contributed by atoms with Crippen LogP contribution in [0.2, 0.25) is 0 Å². The predicted octanol–water partition coefficient (Wildman–Crippen LogP) is -1.09. The van der Waals surface area contributed by atoms with Gasteiger partial charge in [0.15, 0.2) is 0 Å². The van der Waals surface area contributed by atoms with Gasteiger partial charge in [-0.25, -0.2) is 4.79 Å². The molecule has 1 unspecified atom stereocenters. The van der Waals surface area contributed by atoms with E-state index in [1.807, 2.05) is 0 Å². The molecule has 104 valence electrons. The van der Waals surface area contributed by atoms with Crippen LogP contribution in [0.5, 0.6) is 0 Å². The molecule has 0 spiro atoms. The summed E-state index contributed by atoms with van der Waals surface area (Å²) < 4.78 is 6.94. The van der Waals surface area contributed by atoms with Crippen molar-refractivity contribution >= 4 is 18.2 Å². The number of urea groups is 1. The van der Waals surface area contributed by atoms with Crippen LogP contribution < -0.4 is 0 Å². The van der Waals surface area contributed by atoms with Crippen molar-refractivity contribution in [1.29, 1.82) is 0 Å². The average molecular weight is 269 g/mol. The minimum Gasteiger partial charge on any atom is -0.394 e. The van der Waals surface area contributed by atoms with Gasteiger partial charge in [-0.15, -0.1) is 0 Å². The zero-order chi connectivity index (χ0) is 13.8. The topological polar surface area (TPSA) is 90.1 Å². The molecule has 19 heavy (non-hydrogen) atoms. The van der Waals surface area contributed by atoms with Crippen molar-refractivity contribution in [3.8, 4) is 0 Å². The first-order chi connectivity index (χ1) is 8.96. The lowest BCUT2D eigenvalue weighted by Gasteiger charge is -2.30. The van der Waals surface area contributed by atoms with Gasteiger partial charge in [0, 0.05) is 12.8 Å². The van der Waals surface area contributed by atoms with Crippen molar-refractivity contribution in [2.75, 3.05) is 13.2 Å². The molecule has 2 saturated heterocycles. The van der Waals surface area contributed by atoms with Crippen LogP contribution in [0.3, 0.4) is 0 Å². The molecule has 3 amide bonds. The maximum atomic E-state index is 12.2. The molecule has 0 aromatic rings. The number of hydrogen-bond acceptors (Lipinski definition) is 5. The summed E-state index contributed by atoms with van der Waals surface area (Å²) in [5, 5.41) is 19.8. The highest BCUT2D eigenvalue weighted by Crippen LogP contribution is 2.36. The molecular formula is C12H17N2O5+. The second-order valence-electron chi connectivity index (χ2n) is 5.44. The smallest absolute Gasteiger partial charge is 0.394 e. The Hall–Kier alpha value is -1.31. The lowest BCUT2D eigenvalue weighted by molar-refractivity contribution is -0.531. The number of hydrogen-bond donors (Lipinski definition) is 2. The summed E-state index contributed by atoms with van der Waals surface area (Å²) in [4.78, 5) is 25.3. The summed E-state index contributed by atoms with van der Waals surface area (Å²) in [5.41, 5.74) is -1.19. The number of imide groups is 1. The third-order valence-corrected chi connectivity index (χ3v) is 4.18. The highest BCUT2D eigenvalue weighted by molar-refractivity contribution is 6.03. The predicted molar refractivity (Wildman–Crippen MR) is 62.5 cm³/mol. The Bertz CT molecular complexity index is 477. The third-order valence-electron chi connectivity index (χ3n) is 4.18. The summed E-state index contributed by atoms with van der Waals surface area (Å²) >= 11 is 0. The van der Waals surface area contributed by atoms with E-state index in [2.05, 4.69) is 0 Å². The summed E-state index contributed by atoms with van der Waals surface area (Å²) in [7, 11) is 0. The Balaban J connectivity index is 2.03. The van der Waals surface area contributed by atoms with Gasteiger partial charge in [0.05, 0.1) is 12.8 Å². The summed E-state index contributed by atoms with van der Waals surface area (Å²) in [6.45, 7) is 1.56. The maximum absolute atomic E-state index is 12.2. The van der Waals surface area contributed by atoms with E-state index < -0.39 is 24.0 Å². The first-order valence-electron chi connectivity index (χ1n) is 6.43. The number of nitrogens with zero attached hydrogens (tertiary/aromatic N) is 2. The molecule has 0 aliphatic carbocycles. The lowest BCUT2D eigenvalue weighted by Crippen LogP contribution is -2.56. The number of amides is 3. The molecule has 2 fully saturated rings. The summed E-state index contributed by atoms with van der Waals surface area (Å²) in [6, 6.07) is -0.409. The van der Waals surface area contributed by atoms with Gasteiger partial charge in [-0.2, -0.15) is 14.3 Å². The normalized spacial score (nSPS) is 41.9. The molecule has 0 saturated carbocycles. The second kappa shape index (κ2) is 4.09. The van der Waals surface area contributed by atoms with E-state index >= 15 is 0 Å². The van der Waals surface area contributed by atoms with Gasteiger partial charge in [0.1, 0.15) is 24.2 Å². The van der Waals surface area contributed by atoms with Gasteiger partial charge in [0.2, 0.25) is 6.23 Å². The number of carbonyl (C=O) groups excluding carboxylic acids is 2. The largest absolute Gasteiger partial charge is 0.502 e. The number of aliphatic hydroxyl groups excluding tert-OH is 1. The van der Waals surface area contributed by atoms with Crippen molar-refractivity contribution in [2.24, 2.45) is 5.92 Å². The molecule has 3 heterocycles. The lowest BCUT2D eigenvalue weighted by atomic mass is 9.90. The fraction of sp³-hybridized carbons (Fsp3) is 0.750. The zero-order valence-corrected chi connectivity index (χ0v) is 10.7. The van der Waals surface area contributed by atoms with E-state index in [0.29, 0.717) is 0 Å². The third kappa shape index (κ3) is 1.73. The van der Waals surface area contributed by atoms with Gasteiger partial charge < -0.3 is 14.9 Å². The fourth-order valence-corrected chi connectivity index (χ4v) is 3.02. The van der Waals surface area contributed by atoms with Crippen LogP contribution in [0.1, 0.15) is 19.8 Å². The van der Waals surface area contributed by atoms with E-state index in [0.717, 1.165) is 4.90 Å². The summed E-state index contributed by atoms with van der Waals surface area (Å²) in [5.74, 6) is -0.646. The molecule has 4 bridgehead atoms. The molecule has 7 heteroatoms. The van der Waals surface area contributed by atoms with Crippen LogP contribution in [0.4, 0.5) is 4.79 Å². The highest BCUT2D eigenvalue weighted by Gasteiger charge is 2.56. The van der Waals surface area contributed by atoms with Crippen LogP contribution in [0.15, 0.2) is 0 Å². The Morgan fingerprint density at radius 1 is 1.58 bits per heavy atom. The second-order valence-corrected chi connectivity index (χ2v) is 5.44. The first kappa shape index (κ1) is 12.7. The number of fused-ring (bicyclic) bond motifs is 5. The van der Waals surface area contributed by atoms with Crippen LogP contribution in [0, 0.1) is 5.92 Å². The van der Waals surface area contributed by atoms with Crippen LogP contribution in [-0.4, -0.2) is 68.9 Å². The average Bonchev–Trinajstić information content (AvgIpc) is 2.71. The molecule has 0 radical (unpaired) electrons. The molecule has 4 atom stereocenters. The Morgan fingerprint density at radius 3 is 3.00 bits per heavy atom. The van der Waals surface area contributed by atoms with Crippen molar-refractivity contribution in [3.05, 3.63) is 0 Å². The Morgan fingerprint density at radius 2 is 2.32 bits per heavy atom. The SMILES string of the molecule is CC1C=[N+]2C(=O)N(CC[C@]3(O)C[C@H]2O[C@@H]3CO)C1=O. The molecule has 0 aromatic heterocycles. The Labute approximate surface area is 110 Å². The van der Waals surface area contributed by atoms with Crippen molar-refractivity contribution in [2.45, 2.75) is 37.7 Å². The van der Waals surface area contributed by atoms with Crippen molar-refractivity contribution in [1.82, 2.24) is 4.90 Å². The molecule has 7 nitrogen and oxygen atoms in total. The molecule has 3 rings (SSSR count). The fourth-order valence-electron chi connectivity index (χ4n) is 3.02. The van der Waals surface area contributed by atoms with Gasteiger partial charge in [0.25, 0.3) is 0 Å². The monoisotopic (exact) mass is 269 g/mol. The minimum atomic E-state index is -1.19. The van der Waals surface area contributed by atoms with E-state index in [1.54, 1.807) is 6.92 Å². The van der Waals surface area contributed by atoms with Gasteiger partial charge in [-0.1, -0.05) is 0 Å². The molecule has 0 aromatic carbocycles. The Kier molecular flexibility index (Phi) is 2.74. The molecular weight excluding hydrogens is 252 g/mol. The number of aliphatic hydroxyl groups is 2. The standard InChI is InChI=1S/C12H17N2O5/c1-7-5-14-9-4-12(18,8(6-15)19-9)2-3-13(10(7)16)11(14)17/h5,7-9,15,18H,2-4,6H2,1H3/q+1/t7?,8-,9-,12+/m1/s1. The van der Waals surface area contributed by atoms with Gasteiger partial charge >= 0.3 is 11.9 Å². The van der Waals surface area contributed by atoms with Gasteiger partial charge in [-0.3, -0.25) is 0 Å². The van der Waals surface area contributed by atoms with Crippen LogP contribution in [0.25, 0.3) is 0 Å². The quantitative estimate of drug-likeness (QED) is 0.590. The first-order valence-corrected chi connectivity index (χ1v) is 6.43. The van der Waals surface area contributed by atoms with Crippen LogP contribution >= 0.6 is 0 Å². The maximum Gasteiger partial charge on any atom is 0.502 e. The number of ether oxygens (including phenoxy) is 1. The van der Waals surface area contributed by atoms with Crippen molar-refractivity contribution in [3.63, 3.8) is 0 Å². The van der Waals surface area contributed by atoms with E-state index in [4.69, 9.17) is 4.74 Å². The molecule has 3 aliphatic heterocycles. The molecule has 3 aliphatic rings. The number of rotatable bonds is 1. The van der Waals surface area contributed by atoms with Crippen molar-refractivity contribution < 1.29 is 29.1 Å². The number of carbonyl (C=O) groups is 2. The highest BCUT2D eigenvalue weighted by atomic mass is 16.5. The van der Waals surface area contributed by atoms with Gasteiger partial charge in [-0.05, 0) is 6.92 Å².